The van der Waals surface area contributed by atoms with Crippen LogP contribution in [0.25, 0.3) is 0 Å². The van der Waals surface area contributed by atoms with Crippen molar-refractivity contribution in [3.63, 3.8) is 0 Å². The molecule has 0 unspecified atom stereocenters. The van der Waals surface area contributed by atoms with E-state index in [1.807, 2.05) is 12.4 Å². The molecule has 0 amide bonds. The first kappa shape index (κ1) is 21.6. The number of guanidine groups is 1. The Morgan fingerprint density at radius 2 is 1.87 bits per heavy atom. The van der Waals surface area contributed by atoms with Gasteiger partial charge in [0.05, 0.1) is 19.3 Å². The van der Waals surface area contributed by atoms with Gasteiger partial charge in [-0.1, -0.05) is 51.1 Å². The molecule has 30 heavy (non-hydrogen) atoms. The molecule has 2 N–H and O–H groups in total. The molecule has 3 rings (SSSR count). The fraction of sp³-hybridized carbons (Fsp3) is 0.435. The minimum absolute atomic E-state index is 0.0528. The van der Waals surface area contributed by atoms with Gasteiger partial charge in [0.2, 0.25) is 5.89 Å². The number of aliphatic imine (C=N–C) groups is 1. The monoisotopic (exact) mass is 408 g/mol. The molecule has 3 aromatic rings. The number of aryl methyl sites for hydroxylation is 2. The van der Waals surface area contributed by atoms with E-state index < -0.39 is 0 Å². The Morgan fingerprint density at radius 3 is 2.57 bits per heavy atom. The van der Waals surface area contributed by atoms with E-state index >= 15 is 0 Å². The van der Waals surface area contributed by atoms with Crippen LogP contribution in [-0.2, 0) is 31.5 Å². The van der Waals surface area contributed by atoms with E-state index in [1.54, 1.807) is 13.2 Å². The smallest absolute Gasteiger partial charge is 0.213 e. The Bertz CT molecular complexity index is 936. The van der Waals surface area contributed by atoms with Crippen LogP contribution in [0.3, 0.4) is 0 Å². The molecule has 1 aromatic carbocycles. The number of aromatic nitrogens is 3. The Kier molecular flexibility index (Phi) is 7.27. The fourth-order valence-electron chi connectivity index (χ4n) is 3.09. The topological polar surface area (TPSA) is 80.3 Å². The van der Waals surface area contributed by atoms with Crippen LogP contribution in [-0.4, -0.2) is 27.5 Å². The number of nitrogens with one attached hydrogen (secondary N) is 2. The average molecular weight is 409 g/mol. The first-order valence-electron chi connectivity index (χ1n) is 10.4. The molecule has 0 radical (unpaired) electrons. The largest absolute Gasteiger partial charge is 0.443 e. The molecule has 7 heteroatoms. The van der Waals surface area contributed by atoms with Crippen molar-refractivity contribution in [2.24, 2.45) is 4.99 Å². The molecule has 0 aliphatic heterocycles. The van der Waals surface area contributed by atoms with Gasteiger partial charge in [0, 0.05) is 31.4 Å². The molecule has 0 aliphatic carbocycles. The van der Waals surface area contributed by atoms with Gasteiger partial charge in [-0.05, 0) is 18.4 Å². The molecule has 2 heterocycles. The van der Waals surface area contributed by atoms with E-state index in [2.05, 4.69) is 81.3 Å². The zero-order chi connectivity index (χ0) is 21.4. The number of nitrogens with zero attached hydrogens (tertiary/aromatic N) is 4. The van der Waals surface area contributed by atoms with Crippen molar-refractivity contribution in [1.82, 2.24) is 25.2 Å². The third kappa shape index (κ3) is 6.20. The average Bonchev–Trinajstić information content (AvgIpc) is 3.38. The lowest BCUT2D eigenvalue weighted by Crippen LogP contribution is -2.37. The quantitative estimate of drug-likeness (QED) is 0.439. The molecule has 0 atom stereocenters. The van der Waals surface area contributed by atoms with Crippen LogP contribution >= 0.6 is 0 Å². The van der Waals surface area contributed by atoms with Crippen LogP contribution in [0.4, 0.5) is 0 Å². The molecular weight excluding hydrogens is 376 g/mol. The summed E-state index contributed by atoms with van der Waals surface area (Å²) in [4.78, 5) is 13.1. The number of hydrogen-bond acceptors (Lipinski definition) is 4. The number of benzene rings is 1. The predicted octanol–water partition coefficient (Wildman–Crippen LogP) is 3.67. The number of hydrogen-bond donors (Lipinski definition) is 2. The van der Waals surface area contributed by atoms with Crippen LogP contribution in [0.2, 0.25) is 0 Å². The van der Waals surface area contributed by atoms with Gasteiger partial charge in [0.25, 0.3) is 0 Å². The van der Waals surface area contributed by atoms with Crippen LogP contribution in [0.5, 0.6) is 0 Å². The molecule has 2 aromatic heterocycles. The minimum Gasteiger partial charge on any atom is -0.443 e. The number of rotatable bonds is 8. The van der Waals surface area contributed by atoms with Gasteiger partial charge in [-0.25, -0.2) is 9.97 Å². The maximum absolute atomic E-state index is 5.82. The zero-order valence-corrected chi connectivity index (χ0v) is 18.4. The van der Waals surface area contributed by atoms with E-state index in [4.69, 9.17) is 4.42 Å². The Morgan fingerprint density at radius 1 is 1.10 bits per heavy atom. The van der Waals surface area contributed by atoms with Gasteiger partial charge >= 0.3 is 0 Å². The highest BCUT2D eigenvalue weighted by atomic mass is 16.4. The summed E-state index contributed by atoms with van der Waals surface area (Å²) >= 11 is 0. The molecule has 0 saturated carbocycles. The number of oxazole rings is 1. The second kappa shape index (κ2) is 10.1. The van der Waals surface area contributed by atoms with Crippen LogP contribution < -0.4 is 10.6 Å². The highest BCUT2D eigenvalue weighted by molar-refractivity contribution is 5.79. The van der Waals surface area contributed by atoms with Crippen molar-refractivity contribution in [3.8, 4) is 0 Å². The van der Waals surface area contributed by atoms with Crippen LogP contribution in [0, 0.1) is 0 Å². The second-order valence-corrected chi connectivity index (χ2v) is 8.27. The van der Waals surface area contributed by atoms with Gasteiger partial charge in [0.1, 0.15) is 11.6 Å². The maximum Gasteiger partial charge on any atom is 0.213 e. The van der Waals surface area contributed by atoms with E-state index in [9.17, 15) is 0 Å². The molecule has 0 saturated heterocycles. The summed E-state index contributed by atoms with van der Waals surface area (Å²) in [5.74, 6) is 3.19. The SMILES string of the molecule is CN=C(NCc1ncc(C(C)(C)C)o1)NCc1nccn1CCCc1ccccc1. The van der Waals surface area contributed by atoms with Gasteiger partial charge in [-0.3, -0.25) is 4.99 Å². The van der Waals surface area contributed by atoms with Gasteiger partial charge in [-0.2, -0.15) is 0 Å². The van der Waals surface area contributed by atoms with Crippen molar-refractivity contribution in [1.29, 1.82) is 0 Å². The van der Waals surface area contributed by atoms with Gasteiger partial charge in [-0.15, -0.1) is 0 Å². The predicted molar refractivity (Wildman–Crippen MR) is 119 cm³/mol. The lowest BCUT2D eigenvalue weighted by molar-refractivity contribution is 0.379. The molecular formula is C23H32N6O. The molecule has 0 bridgehead atoms. The summed E-state index contributed by atoms with van der Waals surface area (Å²) in [6, 6.07) is 10.6. The summed E-state index contributed by atoms with van der Waals surface area (Å²) in [6.45, 7) is 8.31. The summed E-state index contributed by atoms with van der Waals surface area (Å²) in [5.41, 5.74) is 1.31. The summed E-state index contributed by atoms with van der Waals surface area (Å²) < 4.78 is 8.01. The summed E-state index contributed by atoms with van der Waals surface area (Å²) in [5, 5.41) is 6.56. The third-order valence-electron chi connectivity index (χ3n) is 4.85. The molecule has 0 aliphatic rings. The van der Waals surface area contributed by atoms with Gasteiger partial charge < -0.3 is 19.6 Å². The zero-order valence-electron chi connectivity index (χ0n) is 18.4. The lowest BCUT2D eigenvalue weighted by atomic mass is 9.94. The highest BCUT2D eigenvalue weighted by Crippen LogP contribution is 2.22. The first-order chi connectivity index (χ1) is 14.5. The van der Waals surface area contributed by atoms with Crippen molar-refractivity contribution in [2.45, 2.75) is 58.7 Å². The second-order valence-electron chi connectivity index (χ2n) is 8.27. The van der Waals surface area contributed by atoms with Gasteiger partial charge in [0.15, 0.2) is 5.96 Å². The molecule has 0 fully saturated rings. The first-order valence-corrected chi connectivity index (χ1v) is 10.4. The van der Waals surface area contributed by atoms with Crippen LogP contribution in [0.15, 0.2) is 58.3 Å². The highest BCUT2D eigenvalue weighted by Gasteiger charge is 2.19. The summed E-state index contributed by atoms with van der Waals surface area (Å²) in [6.07, 6.45) is 7.79. The molecule has 160 valence electrons. The fourth-order valence-corrected chi connectivity index (χ4v) is 3.09. The third-order valence-corrected chi connectivity index (χ3v) is 4.85. The van der Waals surface area contributed by atoms with E-state index in [0.717, 1.165) is 31.0 Å². The maximum atomic E-state index is 5.82. The number of imidazole rings is 1. The van der Waals surface area contributed by atoms with Crippen LogP contribution in [0.1, 0.15) is 50.2 Å². The minimum atomic E-state index is -0.0528. The van der Waals surface area contributed by atoms with Crippen molar-refractivity contribution < 1.29 is 4.42 Å². The van der Waals surface area contributed by atoms with Crippen molar-refractivity contribution >= 4 is 5.96 Å². The Balaban J connectivity index is 1.46. The normalized spacial score (nSPS) is 12.2. The standard InChI is InChI=1S/C23H32N6O/c1-23(2,3)19-15-26-21(30-19)17-28-22(24-4)27-16-20-25-12-14-29(20)13-8-11-18-9-6-5-7-10-18/h5-7,9-10,12,14-15H,8,11,13,16-17H2,1-4H3,(H2,24,27,28). The Labute approximate surface area is 178 Å². The molecule has 0 spiro atoms. The molecule has 7 nitrogen and oxygen atoms in total. The van der Waals surface area contributed by atoms with Crippen molar-refractivity contribution in [2.75, 3.05) is 7.05 Å². The summed E-state index contributed by atoms with van der Waals surface area (Å²) in [7, 11) is 1.75. The van der Waals surface area contributed by atoms with E-state index in [1.165, 1.54) is 5.56 Å². The van der Waals surface area contributed by atoms with Crippen molar-refractivity contribution in [3.05, 3.63) is 72.0 Å². The van der Waals surface area contributed by atoms with E-state index in [0.29, 0.717) is 24.9 Å². The lowest BCUT2D eigenvalue weighted by Gasteiger charge is -2.14. The van der Waals surface area contributed by atoms with E-state index in [-0.39, 0.29) is 5.41 Å². The Hall–Kier alpha value is -3.09.